The SMILES string of the molecule is [NH3+]C(F)(F)C(F)(F)C(F)(C(F)(F)F)C(F)(F)F. The van der Waals surface area contributed by atoms with Gasteiger partial charge < -0.3 is 0 Å². The van der Waals surface area contributed by atoms with Gasteiger partial charge in [0.1, 0.15) is 0 Å². The minimum Gasteiger partial charge on any atom is -0.291 e. The second kappa shape index (κ2) is 3.59. The molecule has 12 heteroatoms. The van der Waals surface area contributed by atoms with Gasteiger partial charge in [0.15, 0.2) is 0 Å². The van der Waals surface area contributed by atoms with E-state index < -0.39 is 30.0 Å². The van der Waals surface area contributed by atoms with Crippen molar-refractivity contribution in [2.24, 2.45) is 0 Å². The average molecular weight is 286 g/mol. The second-order valence-corrected chi connectivity index (χ2v) is 2.93. The van der Waals surface area contributed by atoms with Gasteiger partial charge in [0.2, 0.25) is 0 Å². The molecule has 0 fully saturated rings. The van der Waals surface area contributed by atoms with E-state index in [-0.39, 0.29) is 0 Å². The van der Waals surface area contributed by atoms with Gasteiger partial charge in [-0.3, -0.25) is 5.73 Å². The molecule has 0 spiro atoms. The van der Waals surface area contributed by atoms with Crippen LogP contribution in [0.2, 0.25) is 0 Å². The number of hydrogen-bond acceptors (Lipinski definition) is 0. The lowest BCUT2D eigenvalue weighted by atomic mass is 9.94. The number of quaternary nitrogens is 1. The van der Waals surface area contributed by atoms with Crippen molar-refractivity contribution < 1.29 is 54.0 Å². The number of alkyl halides is 11. The third kappa shape index (κ3) is 2.13. The lowest BCUT2D eigenvalue weighted by Crippen LogP contribution is -2.83. The predicted molar refractivity (Wildman–Crippen MR) is 28.7 cm³/mol. The van der Waals surface area contributed by atoms with E-state index in [1.165, 1.54) is 0 Å². The van der Waals surface area contributed by atoms with E-state index in [0.717, 1.165) is 5.73 Å². The van der Waals surface area contributed by atoms with Gasteiger partial charge in [-0.15, -0.1) is 8.78 Å². The molecule has 0 aliphatic carbocycles. The van der Waals surface area contributed by atoms with Crippen molar-refractivity contribution in [3.63, 3.8) is 0 Å². The summed E-state index contributed by atoms with van der Waals surface area (Å²) in [6.45, 7) is 0. The molecule has 0 aromatic rings. The Balaban J connectivity index is 6.04. The van der Waals surface area contributed by atoms with Crippen LogP contribution >= 0.6 is 0 Å². The molecule has 0 aliphatic rings. The second-order valence-electron chi connectivity index (χ2n) is 2.93. The van der Waals surface area contributed by atoms with Crippen LogP contribution in [0.15, 0.2) is 0 Å². The highest BCUT2D eigenvalue weighted by molar-refractivity contribution is 5.08. The summed E-state index contributed by atoms with van der Waals surface area (Å²) >= 11 is 0. The molecular formula is C5H3F11N+. The Morgan fingerprint density at radius 2 is 0.765 bits per heavy atom. The number of rotatable bonds is 2. The quantitative estimate of drug-likeness (QED) is 0.596. The van der Waals surface area contributed by atoms with E-state index in [4.69, 9.17) is 0 Å². The molecule has 1 nitrogen and oxygen atoms in total. The zero-order chi connectivity index (χ0) is 14.5. The highest BCUT2D eigenvalue weighted by atomic mass is 19.4. The molecule has 0 saturated carbocycles. The zero-order valence-corrected chi connectivity index (χ0v) is 7.36. The molecular weight excluding hydrogens is 283 g/mol. The van der Waals surface area contributed by atoms with Gasteiger partial charge in [-0.1, -0.05) is 0 Å². The highest BCUT2D eigenvalue weighted by Gasteiger charge is 2.91. The number of halogens is 11. The molecule has 0 saturated heterocycles. The minimum atomic E-state index is -7.39. The molecule has 0 aromatic heterocycles. The Labute approximate surface area is 85.4 Å². The van der Waals surface area contributed by atoms with Crippen LogP contribution in [0.3, 0.4) is 0 Å². The molecule has 0 radical (unpaired) electrons. The first-order chi connectivity index (χ1) is 7.00. The molecule has 104 valence electrons. The van der Waals surface area contributed by atoms with Crippen molar-refractivity contribution in [1.82, 2.24) is 0 Å². The van der Waals surface area contributed by atoms with Gasteiger partial charge in [-0.25, -0.2) is 4.39 Å². The molecule has 0 unspecified atom stereocenters. The third-order valence-electron chi connectivity index (χ3n) is 1.67. The van der Waals surface area contributed by atoms with Crippen LogP contribution in [0.25, 0.3) is 0 Å². The summed E-state index contributed by atoms with van der Waals surface area (Å²) in [7, 11) is 0. The monoisotopic (exact) mass is 286 g/mol. The third-order valence-corrected chi connectivity index (χ3v) is 1.67. The van der Waals surface area contributed by atoms with Crippen molar-refractivity contribution in [3.8, 4) is 0 Å². The fourth-order valence-corrected chi connectivity index (χ4v) is 0.769. The first-order valence-electron chi connectivity index (χ1n) is 3.43. The summed E-state index contributed by atoms with van der Waals surface area (Å²) in [5, 5.41) is 0. The zero-order valence-electron chi connectivity index (χ0n) is 7.36. The van der Waals surface area contributed by atoms with Crippen LogP contribution in [0.5, 0.6) is 0 Å². The Bertz CT molecular complexity index is 266. The summed E-state index contributed by atoms with van der Waals surface area (Å²) < 4.78 is 131. The normalized spacial score (nSPS) is 16.2. The summed E-state index contributed by atoms with van der Waals surface area (Å²) in [5.41, 5.74) is -6.28. The van der Waals surface area contributed by atoms with Crippen molar-refractivity contribution in [2.45, 2.75) is 30.0 Å². The van der Waals surface area contributed by atoms with Crippen LogP contribution < -0.4 is 5.73 Å². The highest BCUT2D eigenvalue weighted by Crippen LogP contribution is 2.57. The van der Waals surface area contributed by atoms with Crippen molar-refractivity contribution in [1.29, 1.82) is 0 Å². The molecule has 0 heterocycles. The molecule has 0 atom stereocenters. The number of hydrogen-bond donors (Lipinski definition) is 1. The fraction of sp³-hybridized carbons (Fsp3) is 1.00. The first kappa shape index (κ1) is 16.2. The Hall–Kier alpha value is -0.810. The molecule has 17 heavy (non-hydrogen) atoms. The van der Waals surface area contributed by atoms with E-state index in [0.29, 0.717) is 0 Å². The van der Waals surface area contributed by atoms with Crippen LogP contribution in [-0.4, -0.2) is 30.0 Å². The van der Waals surface area contributed by atoms with E-state index in [2.05, 4.69) is 0 Å². The van der Waals surface area contributed by atoms with E-state index >= 15 is 0 Å². The molecule has 0 aromatic carbocycles. The van der Waals surface area contributed by atoms with Gasteiger partial charge in [0.05, 0.1) is 0 Å². The van der Waals surface area contributed by atoms with Crippen LogP contribution in [0.4, 0.5) is 48.3 Å². The molecule has 3 N–H and O–H groups in total. The van der Waals surface area contributed by atoms with Crippen LogP contribution in [-0.2, 0) is 0 Å². The maximum absolute atomic E-state index is 12.6. The summed E-state index contributed by atoms with van der Waals surface area (Å²) in [6.07, 6.45) is -14.6. The van der Waals surface area contributed by atoms with E-state index in [9.17, 15) is 48.3 Å². The summed E-state index contributed by atoms with van der Waals surface area (Å²) in [6, 6.07) is -6.10. The standard InChI is InChI=1S/C5H2F11N/c6-1(3(9,10)11,4(12,13)14)2(7,8)5(15,16)17/h17H2/p+1. The minimum absolute atomic E-state index is 1.11. The topological polar surface area (TPSA) is 27.6 Å². The van der Waals surface area contributed by atoms with Gasteiger partial charge >= 0.3 is 30.0 Å². The maximum atomic E-state index is 12.6. The predicted octanol–water partition coefficient (Wildman–Crippen LogP) is 2.29. The average Bonchev–Trinajstić information content (AvgIpc) is 1.95. The molecule has 0 bridgehead atoms. The van der Waals surface area contributed by atoms with E-state index in [1.54, 1.807) is 0 Å². The summed E-state index contributed by atoms with van der Waals surface area (Å²) in [4.78, 5) is 0. The Kier molecular flexibility index (Phi) is 3.42. The van der Waals surface area contributed by atoms with Crippen molar-refractivity contribution in [3.05, 3.63) is 0 Å². The summed E-state index contributed by atoms with van der Waals surface area (Å²) in [5.74, 6) is -7.10. The lowest BCUT2D eigenvalue weighted by Gasteiger charge is -2.36. The fourth-order valence-electron chi connectivity index (χ4n) is 0.769. The molecule has 0 aliphatic heterocycles. The van der Waals surface area contributed by atoms with Crippen molar-refractivity contribution >= 4 is 0 Å². The van der Waals surface area contributed by atoms with Gasteiger partial charge in [-0.2, -0.15) is 35.1 Å². The van der Waals surface area contributed by atoms with Gasteiger partial charge in [0, 0.05) is 0 Å². The first-order valence-corrected chi connectivity index (χ1v) is 3.43. The van der Waals surface area contributed by atoms with E-state index in [1.807, 2.05) is 0 Å². The lowest BCUT2D eigenvalue weighted by molar-refractivity contribution is -0.632. The Morgan fingerprint density at radius 3 is 0.824 bits per heavy atom. The van der Waals surface area contributed by atoms with Crippen LogP contribution in [0, 0.1) is 0 Å². The molecule has 0 amide bonds. The maximum Gasteiger partial charge on any atom is 0.454 e. The van der Waals surface area contributed by atoms with Crippen LogP contribution in [0.1, 0.15) is 0 Å². The Morgan fingerprint density at radius 1 is 0.529 bits per heavy atom. The van der Waals surface area contributed by atoms with Crippen molar-refractivity contribution in [2.75, 3.05) is 0 Å². The largest absolute Gasteiger partial charge is 0.454 e. The molecule has 0 rings (SSSR count). The van der Waals surface area contributed by atoms with Gasteiger partial charge in [-0.05, 0) is 0 Å². The van der Waals surface area contributed by atoms with Gasteiger partial charge in [0.25, 0.3) is 0 Å². The smallest absolute Gasteiger partial charge is 0.291 e.